The molecule has 0 radical (unpaired) electrons. The molecule has 0 bridgehead atoms. The number of hydrogen-bond donors (Lipinski definition) is 2. The molecular formula is C20H32O3. The second-order valence-electron chi connectivity index (χ2n) is 9.69. The minimum atomic E-state index is -0.559. The zero-order chi connectivity index (χ0) is 16.4. The normalized spacial score (nSPS) is 55.6. The number of aliphatic carboxylic acids is 1. The number of carbonyl (C=O) groups is 1. The van der Waals surface area contributed by atoms with Crippen molar-refractivity contribution in [3.63, 3.8) is 0 Å². The van der Waals surface area contributed by atoms with Crippen LogP contribution in [0.1, 0.15) is 71.6 Å². The molecule has 23 heavy (non-hydrogen) atoms. The first-order valence-corrected chi connectivity index (χ1v) is 9.77. The summed E-state index contributed by atoms with van der Waals surface area (Å²) in [6.07, 6.45) is 10.0. The Kier molecular flexibility index (Phi) is 3.61. The van der Waals surface area contributed by atoms with Crippen molar-refractivity contribution in [2.24, 2.45) is 40.9 Å². The molecular weight excluding hydrogens is 288 g/mol. The Morgan fingerprint density at radius 2 is 1.65 bits per heavy atom. The summed E-state index contributed by atoms with van der Waals surface area (Å²) < 4.78 is 0. The van der Waals surface area contributed by atoms with E-state index in [2.05, 4.69) is 6.92 Å². The van der Waals surface area contributed by atoms with Crippen LogP contribution in [0.5, 0.6) is 0 Å². The molecule has 0 heterocycles. The summed E-state index contributed by atoms with van der Waals surface area (Å²) in [6, 6.07) is 0. The smallest absolute Gasteiger partial charge is 0.307 e. The van der Waals surface area contributed by atoms with E-state index in [1.807, 2.05) is 6.92 Å². The predicted molar refractivity (Wildman–Crippen MR) is 88.9 cm³/mol. The third kappa shape index (κ3) is 2.37. The largest absolute Gasteiger partial charge is 0.481 e. The lowest BCUT2D eigenvalue weighted by atomic mass is 9.49. The van der Waals surface area contributed by atoms with Gasteiger partial charge in [0.25, 0.3) is 0 Å². The van der Waals surface area contributed by atoms with E-state index in [0.29, 0.717) is 11.8 Å². The van der Waals surface area contributed by atoms with Crippen LogP contribution in [0.4, 0.5) is 0 Å². The summed E-state index contributed by atoms with van der Waals surface area (Å²) in [5.41, 5.74) is -0.404. The molecule has 0 saturated heterocycles. The molecule has 1 unspecified atom stereocenters. The van der Waals surface area contributed by atoms with Gasteiger partial charge in [0.15, 0.2) is 0 Å². The van der Waals surface area contributed by atoms with E-state index in [9.17, 15) is 15.0 Å². The second-order valence-corrected chi connectivity index (χ2v) is 9.69. The SMILES string of the molecule is C[C@@]1(O)CC[C@H]2[C@H](CCC3[C@@H]2CC[C@]2(C)[C@@H](C(=O)O)CC[C@@H]32)C1. The van der Waals surface area contributed by atoms with Crippen LogP contribution in [0.3, 0.4) is 0 Å². The maximum absolute atomic E-state index is 11.7. The fourth-order valence-corrected chi connectivity index (χ4v) is 7.49. The fraction of sp³-hybridized carbons (Fsp3) is 0.950. The lowest BCUT2D eigenvalue weighted by molar-refractivity contribution is -0.150. The standard InChI is InChI=1S/C20H32O3/c1-19(23)9-7-13-12(11-19)3-4-15-14(13)8-10-20(2)16(15)5-6-17(20)18(21)22/h12-17,23H,3-11H2,1-2H3,(H,21,22)/t12-,13+,14-,15?,16+,17-,19-,20+/m1/s1. The van der Waals surface area contributed by atoms with Gasteiger partial charge in [-0.3, -0.25) is 4.79 Å². The van der Waals surface area contributed by atoms with Gasteiger partial charge in [-0.1, -0.05) is 6.92 Å². The Morgan fingerprint density at radius 3 is 2.39 bits per heavy atom. The van der Waals surface area contributed by atoms with E-state index in [1.165, 1.54) is 25.7 Å². The zero-order valence-electron chi connectivity index (χ0n) is 14.6. The first-order valence-electron chi connectivity index (χ1n) is 9.77. The van der Waals surface area contributed by atoms with E-state index >= 15 is 0 Å². The molecule has 0 aromatic rings. The topological polar surface area (TPSA) is 57.5 Å². The van der Waals surface area contributed by atoms with Crippen LogP contribution < -0.4 is 0 Å². The minimum Gasteiger partial charge on any atom is -0.481 e. The highest BCUT2D eigenvalue weighted by Gasteiger charge is 2.59. The van der Waals surface area contributed by atoms with Crippen LogP contribution in [-0.2, 0) is 4.79 Å². The second kappa shape index (κ2) is 5.21. The zero-order valence-corrected chi connectivity index (χ0v) is 14.6. The predicted octanol–water partition coefficient (Wildman–Crippen LogP) is 4.09. The Balaban J connectivity index is 1.56. The van der Waals surface area contributed by atoms with E-state index in [1.54, 1.807) is 0 Å². The molecule has 4 rings (SSSR count). The van der Waals surface area contributed by atoms with Crippen LogP contribution >= 0.6 is 0 Å². The highest BCUT2D eigenvalue weighted by atomic mass is 16.4. The molecule has 0 amide bonds. The van der Waals surface area contributed by atoms with Gasteiger partial charge in [0.1, 0.15) is 0 Å². The van der Waals surface area contributed by atoms with Gasteiger partial charge in [0.05, 0.1) is 11.5 Å². The molecule has 130 valence electrons. The Morgan fingerprint density at radius 1 is 0.913 bits per heavy atom. The van der Waals surface area contributed by atoms with Gasteiger partial charge in [-0.15, -0.1) is 0 Å². The third-order valence-electron chi connectivity index (χ3n) is 8.54. The van der Waals surface area contributed by atoms with Gasteiger partial charge in [-0.05, 0) is 99.7 Å². The fourth-order valence-electron chi connectivity index (χ4n) is 7.49. The van der Waals surface area contributed by atoms with Crippen molar-refractivity contribution < 1.29 is 15.0 Å². The third-order valence-corrected chi connectivity index (χ3v) is 8.54. The summed E-state index contributed by atoms with van der Waals surface area (Å²) >= 11 is 0. The van der Waals surface area contributed by atoms with Crippen molar-refractivity contribution in [3.05, 3.63) is 0 Å². The summed E-state index contributed by atoms with van der Waals surface area (Å²) in [5.74, 6) is 3.01. The van der Waals surface area contributed by atoms with Crippen molar-refractivity contribution in [2.75, 3.05) is 0 Å². The Bertz CT molecular complexity index is 499. The van der Waals surface area contributed by atoms with Crippen LogP contribution in [-0.4, -0.2) is 21.8 Å². The summed E-state index contributed by atoms with van der Waals surface area (Å²) in [7, 11) is 0. The van der Waals surface area contributed by atoms with Crippen molar-refractivity contribution >= 4 is 5.97 Å². The van der Waals surface area contributed by atoms with Gasteiger partial charge in [-0.25, -0.2) is 0 Å². The van der Waals surface area contributed by atoms with Crippen LogP contribution in [0.15, 0.2) is 0 Å². The quantitative estimate of drug-likeness (QED) is 0.765. The van der Waals surface area contributed by atoms with E-state index < -0.39 is 11.6 Å². The van der Waals surface area contributed by atoms with E-state index in [0.717, 1.165) is 49.9 Å². The summed E-state index contributed by atoms with van der Waals surface area (Å²) in [4.78, 5) is 11.7. The van der Waals surface area contributed by atoms with Crippen molar-refractivity contribution in [1.29, 1.82) is 0 Å². The van der Waals surface area contributed by atoms with Gasteiger partial charge >= 0.3 is 5.97 Å². The number of carboxylic acids is 1. The number of carboxylic acid groups (broad SMARTS) is 1. The highest BCUT2D eigenvalue weighted by Crippen LogP contribution is 2.64. The van der Waals surface area contributed by atoms with Gasteiger partial charge in [0.2, 0.25) is 0 Å². The molecule has 3 heteroatoms. The molecule has 8 atom stereocenters. The van der Waals surface area contributed by atoms with E-state index in [4.69, 9.17) is 0 Å². The summed E-state index contributed by atoms with van der Waals surface area (Å²) in [6.45, 7) is 4.29. The monoisotopic (exact) mass is 320 g/mol. The number of aliphatic hydroxyl groups is 1. The van der Waals surface area contributed by atoms with Crippen molar-refractivity contribution in [1.82, 2.24) is 0 Å². The van der Waals surface area contributed by atoms with Crippen LogP contribution in [0, 0.1) is 40.9 Å². The van der Waals surface area contributed by atoms with Gasteiger partial charge in [0, 0.05) is 0 Å². The summed E-state index contributed by atoms with van der Waals surface area (Å²) in [5, 5.41) is 20.1. The molecule has 0 spiro atoms. The Labute approximate surface area is 139 Å². The number of rotatable bonds is 1. The molecule has 0 aliphatic heterocycles. The molecule has 4 aliphatic rings. The molecule has 2 N–H and O–H groups in total. The first kappa shape index (κ1) is 15.9. The molecule has 4 fully saturated rings. The van der Waals surface area contributed by atoms with Crippen molar-refractivity contribution in [2.45, 2.75) is 77.2 Å². The lowest BCUT2D eigenvalue weighted by Crippen LogP contribution is -2.51. The van der Waals surface area contributed by atoms with Gasteiger partial charge in [-0.2, -0.15) is 0 Å². The maximum Gasteiger partial charge on any atom is 0.307 e. The Hall–Kier alpha value is -0.570. The molecule has 4 aliphatic carbocycles. The highest BCUT2D eigenvalue weighted by molar-refractivity contribution is 5.71. The molecule has 0 aromatic carbocycles. The van der Waals surface area contributed by atoms with Crippen LogP contribution in [0.2, 0.25) is 0 Å². The number of hydrogen-bond acceptors (Lipinski definition) is 2. The molecule has 3 nitrogen and oxygen atoms in total. The van der Waals surface area contributed by atoms with Crippen molar-refractivity contribution in [3.8, 4) is 0 Å². The number of fused-ring (bicyclic) bond motifs is 5. The lowest BCUT2D eigenvalue weighted by Gasteiger charge is -2.56. The van der Waals surface area contributed by atoms with Crippen LogP contribution in [0.25, 0.3) is 0 Å². The van der Waals surface area contributed by atoms with Gasteiger partial charge < -0.3 is 10.2 Å². The average Bonchev–Trinajstić information content (AvgIpc) is 2.83. The average molecular weight is 320 g/mol. The molecule has 0 aromatic heterocycles. The minimum absolute atomic E-state index is 0.0417. The van der Waals surface area contributed by atoms with E-state index in [-0.39, 0.29) is 11.3 Å². The maximum atomic E-state index is 11.7. The molecule has 4 saturated carbocycles. The first-order chi connectivity index (χ1) is 10.8.